The lowest BCUT2D eigenvalue weighted by atomic mass is 10.2. The van der Waals surface area contributed by atoms with Crippen LogP contribution in [0, 0.1) is 0 Å². The summed E-state index contributed by atoms with van der Waals surface area (Å²) in [6, 6.07) is 12.4. The second-order valence-corrected chi connectivity index (χ2v) is 5.12. The van der Waals surface area contributed by atoms with Gasteiger partial charge in [-0.25, -0.2) is 0 Å². The van der Waals surface area contributed by atoms with Crippen LogP contribution in [0.1, 0.15) is 18.2 Å². The van der Waals surface area contributed by atoms with Gasteiger partial charge in [0.1, 0.15) is 0 Å². The van der Waals surface area contributed by atoms with Crippen LogP contribution in [0.15, 0.2) is 36.4 Å². The van der Waals surface area contributed by atoms with Crippen molar-refractivity contribution in [1.82, 2.24) is 14.7 Å². The number of aromatic nitrogens is 2. The molecule has 5 nitrogen and oxygen atoms in total. The van der Waals surface area contributed by atoms with Crippen molar-refractivity contribution >= 4 is 11.7 Å². The predicted octanol–water partition coefficient (Wildman–Crippen LogP) is 1.86. The van der Waals surface area contributed by atoms with Crippen LogP contribution in [0.5, 0.6) is 0 Å². The molecule has 2 heterocycles. The normalized spacial score (nSPS) is 14.8. The van der Waals surface area contributed by atoms with Crippen LogP contribution in [-0.2, 0) is 24.4 Å². The Morgan fingerprint density at radius 2 is 2.10 bits per heavy atom. The van der Waals surface area contributed by atoms with Gasteiger partial charge in [0.05, 0.1) is 12.2 Å². The number of benzene rings is 1. The van der Waals surface area contributed by atoms with Crippen molar-refractivity contribution in [2.24, 2.45) is 0 Å². The second kappa shape index (κ2) is 5.46. The van der Waals surface area contributed by atoms with Crippen molar-refractivity contribution in [3.05, 3.63) is 47.7 Å². The van der Waals surface area contributed by atoms with E-state index in [4.69, 9.17) is 0 Å². The number of rotatable bonds is 3. The minimum Gasteiger partial charge on any atom is -0.309 e. The summed E-state index contributed by atoms with van der Waals surface area (Å²) in [4.78, 5) is 13.5. The first-order valence-electron chi connectivity index (χ1n) is 6.81. The average Bonchev–Trinajstić information content (AvgIpc) is 2.80. The summed E-state index contributed by atoms with van der Waals surface area (Å²) in [6.07, 6.45) is 0. The predicted molar refractivity (Wildman–Crippen MR) is 77.1 cm³/mol. The fraction of sp³-hybridized carbons (Fsp3) is 0.333. The van der Waals surface area contributed by atoms with Gasteiger partial charge in [-0.05, 0) is 5.56 Å². The molecule has 1 aliphatic rings. The number of fused-ring (bicyclic) bond motifs is 1. The van der Waals surface area contributed by atoms with E-state index >= 15 is 0 Å². The fourth-order valence-corrected chi connectivity index (χ4v) is 2.54. The number of anilines is 1. The summed E-state index contributed by atoms with van der Waals surface area (Å²) < 4.78 is 1.98. The molecule has 104 valence electrons. The van der Waals surface area contributed by atoms with Crippen molar-refractivity contribution in [2.75, 3.05) is 11.9 Å². The number of nitrogens with one attached hydrogen (secondary N) is 1. The van der Waals surface area contributed by atoms with E-state index < -0.39 is 0 Å². The molecule has 0 bridgehead atoms. The zero-order valence-corrected chi connectivity index (χ0v) is 11.5. The van der Waals surface area contributed by atoms with Gasteiger partial charge in [-0.3, -0.25) is 14.4 Å². The smallest absolute Gasteiger partial charge is 0.222 e. The third-order valence-corrected chi connectivity index (χ3v) is 3.43. The lowest BCUT2D eigenvalue weighted by molar-refractivity contribution is -0.114. The lowest BCUT2D eigenvalue weighted by Crippen LogP contribution is -2.33. The number of amides is 1. The van der Waals surface area contributed by atoms with Gasteiger partial charge in [-0.15, -0.1) is 0 Å². The van der Waals surface area contributed by atoms with Gasteiger partial charge in [-0.2, -0.15) is 5.10 Å². The monoisotopic (exact) mass is 270 g/mol. The Bertz CT molecular complexity index is 606. The molecule has 1 N–H and O–H groups in total. The minimum absolute atomic E-state index is 0.0819. The van der Waals surface area contributed by atoms with Crippen molar-refractivity contribution in [1.29, 1.82) is 0 Å². The number of carbonyl (C=O) groups is 1. The minimum atomic E-state index is -0.0819. The van der Waals surface area contributed by atoms with Gasteiger partial charge in [0.2, 0.25) is 5.91 Å². The van der Waals surface area contributed by atoms with Crippen molar-refractivity contribution in [3.8, 4) is 0 Å². The Hall–Kier alpha value is -2.14. The first kappa shape index (κ1) is 12.9. The van der Waals surface area contributed by atoms with Gasteiger partial charge in [0, 0.05) is 32.6 Å². The van der Waals surface area contributed by atoms with E-state index in [9.17, 15) is 4.79 Å². The Labute approximate surface area is 118 Å². The number of carbonyl (C=O) groups excluding carboxylic acids is 1. The van der Waals surface area contributed by atoms with Crippen LogP contribution < -0.4 is 5.32 Å². The standard InChI is InChI=1S/C15H18N4O/c1-12(20)16-15-9-14-11-18(7-8-19(14)17-15)10-13-5-3-2-4-6-13/h2-6,9H,7-8,10-11H2,1H3,(H,16,17,20). The molecule has 0 spiro atoms. The topological polar surface area (TPSA) is 50.2 Å². The van der Waals surface area contributed by atoms with Gasteiger partial charge in [0.15, 0.2) is 5.82 Å². The maximum atomic E-state index is 11.1. The molecule has 5 heteroatoms. The van der Waals surface area contributed by atoms with E-state index in [1.165, 1.54) is 12.5 Å². The second-order valence-electron chi connectivity index (χ2n) is 5.12. The summed E-state index contributed by atoms with van der Waals surface area (Å²) in [5, 5.41) is 7.13. The molecular weight excluding hydrogens is 252 g/mol. The van der Waals surface area contributed by atoms with Gasteiger partial charge in [-0.1, -0.05) is 30.3 Å². The molecule has 0 saturated heterocycles. The highest BCUT2D eigenvalue weighted by atomic mass is 16.1. The number of hydrogen-bond donors (Lipinski definition) is 1. The number of nitrogens with zero attached hydrogens (tertiary/aromatic N) is 3. The summed E-state index contributed by atoms with van der Waals surface area (Å²) >= 11 is 0. The largest absolute Gasteiger partial charge is 0.309 e. The lowest BCUT2D eigenvalue weighted by Gasteiger charge is -2.27. The van der Waals surface area contributed by atoms with Crippen LogP contribution in [-0.4, -0.2) is 27.1 Å². The third-order valence-electron chi connectivity index (χ3n) is 3.43. The Balaban J connectivity index is 1.69. The Kier molecular flexibility index (Phi) is 3.52. The van der Waals surface area contributed by atoms with E-state index in [1.54, 1.807) is 0 Å². The zero-order chi connectivity index (χ0) is 13.9. The molecule has 0 radical (unpaired) electrons. The molecule has 0 aliphatic carbocycles. The van der Waals surface area contributed by atoms with Crippen molar-refractivity contribution < 1.29 is 4.79 Å². The van der Waals surface area contributed by atoms with Gasteiger partial charge < -0.3 is 5.32 Å². The van der Waals surface area contributed by atoms with Crippen LogP contribution in [0.4, 0.5) is 5.82 Å². The highest BCUT2D eigenvalue weighted by Crippen LogP contribution is 2.18. The first-order chi connectivity index (χ1) is 9.70. The molecule has 1 aromatic carbocycles. The molecule has 2 aromatic rings. The first-order valence-corrected chi connectivity index (χ1v) is 6.81. The molecular formula is C15H18N4O. The quantitative estimate of drug-likeness (QED) is 0.926. The maximum Gasteiger partial charge on any atom is 0.222 e. The average molecular weight is 270 g/mol. The summed E-state index contributed by atoms with van der Waals surface area (Å²) in [6.45, 7) is 5.15. The van der Waals surface area contributed by atoms with E-state index in [1.807, 2.05) is 16.8 Å². The molecule has 0 unspecified atom stereocenters. The fourth-order valence-electron chi connectivity index (χ4n) is 2.54. The van der Waals surface area contributed by atoms with Crippen molar-refractivity contribution in [2.45, 2.75) is 26.6 Å². The zero-order valence-electron chi connectivity index (χ0n) is 11.5. The molecule has 1 amide bonds. The highest BCUT2D eigenvalue weighted by Gasteiger charge is 2.18. The summed E-state index contributed by atoms with van der Waals surface area (Å²) in [5.74, 6) is 0.565. The molecule has 20 heavy (non-hydrogen) atoms. The van der Waals surface area contributed by atoms with Gasteiger partial charge in [0.25, 0.3) is 0 Å². The van der Waals surface area contributed by atoms with E-state index in [2.05, 4.69) is 39.6 Å². The van der Waals surface area contributed by atoms with Crippen LogP contribution in [0.25, 0.3) is 0 Å². The maximum absolute atomic E-state index is 11.1. The summed E-state index contributed by atoms with van der Waals surface area (Å²) in [5.41, 5.74) is 2.47. The molecule has 1 aliphatic heterocycles. The summed E-state index contributed by atoms with van der Waals surface area (Å²) in [7, 11) is 0. The van der Waals surface area contributed by atoms with E-state index in [-0.39, 0.29) is 5.91 Å². The molecule has 1 aromatic heterocycles. The molecule has 0 saturated carbocycles. The molecule has 3 rings (SSSR count). The van der Waals surface area contributed by atoms with Crippen molar-refractivity contribution in [3.63, 3.8) is 0 Å². The Morgan fingerprint density at radius 1 is 1.30 bits per heavy atom. The third kappa shape index (κ3) is 2.88. The van der Waals surface area contributed by atoms with E-state index in [0.717, 1.165) is 31.9 Å². The molecule has 0 fully saturated rings. The van der Waals surface area contributed by atoms with E-state index in [0.29, 0.717) is 5.82 Å². The number of hydrogen-bond acceptors (Lipinski definition) is 3. The van der Waals surface area contributed by atoms with Gasteiger partial charge >= 0.3 is 0 Å². The Morgan fingerprint density at radius 3 is 2.85 bits per heavy atom. The highest BCUT2D eigenvalue weighted by molar-refractivity contribution is 5.87. The van der Waals surface area contributed by atoms with Crippen LogP contribution >= 0.6 is 0 Å². The van der Waals surface area contributed by atoms with Crippen LogP contribution in [0.3, 0.4) is 0 Å². The molecule has 0 atom stereocenters. The van der Waals surface area contributed by atoms with Crippen LogP contribution in [0.2, 0.25) is 0 Å². The SMILES string of the molecule is CC(=O)Nc1cc2n(n1)CCN(Cc1ccccc1)C2.